The second-order valence-corrected chi connectivity index (χ2v) is 4.39. The van der Waals surface area contributed by atoms with Crippen molar-refractivity contribution in [3.05, 3.63) is 34.2 Å². The zero-order chi connectivity index (χ0) is 16.0. The predicted octanol–water partition coefficient (Wildman–Crippen LogP) is 3.08. The summed E-state index contributed by atoms with van der Waals surface area (Å²) < 4.78 is 10.1. The summed E-state index contributed by atoms with van der Waals surface area (Å²) in [6, 6.07) is 0. The molecule has 0 fully saturated rings. The molecule has 5 nitrogen and oxygen atoms in total. The van der Waals surface area contributed by atoms with Crippen molar-refractivity contribution in [3.8, 4) is 0 Å². The van der Waals surface area contributed by atoms with E-state index in [1.807, 2.05) is 6.92 Å². The van der Waals surface area contributed by atoms with Crippen LogP contribution in [0.2, 0.25) is 0 Å². The Morgan fingerprint density at radius 2 is 1.43 bits per heavy atom. The first-order valence-corrected chi connectivity index (χ1v) is 6.95. The van der Waals surface area contributed by atoms with Crippen LogP contribution in [0, 0.1) is 13.8 Å². The molecule has 0 N–H and O–H groups in total. The van der Waals surface area contributed by atoms with Crippen molar-refractivity contribution in [1.82, 2.24) is 4.98 Å². The average molecular weight is 291 g/mol. The SMILES string of the molecule is C/C=C/c1c(C(=O)OCC)c(C)nc(C)c1C(=O)OCC. The maximum Gasteiger partial charge on any atom is 0.340 e. The van der Waals surface area contributed by atoms with Crippen molar-refractivity contribution in [3.63, 3.8) is 0 Å². The molecular formula is C16H21NO4. The molecule has 0 amide bonds. The summed E-state index contributed by atoms with van der Waals surface area (Å²) in [6.07, 6.45) is 3.47. The van der Waals surface area contributed by atoms with Gasteiger partial charge in [0, 0.05) is 5.56 Å². The zero-order valence-electron chi connectivity index (χ0n) is 13.1. The normalized spacial score (nSPS) is 10.7. The van der Waals surface area contributed by atoms with Crippen molar-refractivity contribution < 1.29 is 19.1 Å². The van der Waals surface area contributed by atoms with Crippen LogP contribution in [-0.4, -0.2) is 30.1 Å². The fourth-order valence-electron chi connectivity index (χ4n) is 2.13. The van der Waals surface area contributed by atoms with Gasteiger partial charge in [-0.2, -0.15) is 0 Å². The minimum atomic E-state index is -0.485. The molecule has 0 spiro atoms. The highest BCUT2D eigenvalue weighted by atomic mass is 16.5. The van der Waals surface area contributed by atoms with E-state index < -0.39 is 11.9 Å². The van der Waals surface area contributed by atoms with E-state index in [-0.39, 0.29) is 13.2 Å². The van der Waals surface area contributed by atoms with E-state index in [1.54, 1.807) is 39.8 Å². The molecule has 5 heteroatoms. The van der Waals surface area contributed by atoms with Crippen LogP contribution in [0.3, 0.4) is 0 Å². The molecule has 1 aromatic heterocycles. The number of allylic oxidation sites excluding steroid dienone is 1. The lowest BCUT2D eigenvalue weighted by molar-refractivity contribution is 0.0522. The first-order chi connectivity index (χ1) is 9.97. The predicted molar refractivity (Wildman–Crippen MR) is 80.3 cm³/mol. The van der Waals surface area contributed by atoms with E-state index in [1.165, 1.54) is 0 Å². The number of nitrogens with zero attached hydrogens (tertiary/aromatic N) is 1. The molecule has 0 aliphatic rings. The molecule has 0 atom stereocenters. The third kappa shape index (κ3) is 3.68. The van der Waals surface area contributed by atoms with Crippen LogP contribution in [0.15, 0.2) is 6.08 Å². The molecule has 0 bridgehead atoms. The summed E-state index contributed by atoms with van der Waals surface area (Å²) in [7, 11) is 0. The summed E-state index contributed by atoms with van der Waals surface area (Å²) in [5.41, 5.74) is 2.19. The Labute approximate surface area is 125 Å². The number of pyridine rings is 1. The molecule has 0 aliphatic carbocycles. The zero-order valence-corrected chi connectivity index (χ0v) is 13.1. The van der Waals surface area contributed by atoms with Gasteiger partial charge in [0.1, 0.15) is 0 Å². The Morgan fingerprint density at radius 1 is 1.00 bits per heavy atom. The number of ether oxygens (including phenoxy) is 2. The topological polar surface area (TPSA) is 65.5 Å². The molecule has 0 radical (unpaired) electrons. The van der Waals surface area contributed by atoms with Gasteiger partial charge in [0.05, 0.1) is 35.7 Å². The first kappa shape index (κ1) is 16.9. The fraction of sp³-hybridized carbons (Fsp3) is 0.438. The Kier molecular flexibility index (Phi) is 6.09. The Morgan fingerprint density at radius 3 is 1.76 bits per heavy atom. The van der Waals surface area contributed by atoms with E-state index in [9.17, 15) is 9.59 Å². The van der Waals surface area contributed by atoms with Crippen LogP contribution in [0.1, 0.15) is 58.4 Å². The van der Waals surface area contributed by atoms with Gasteiger partial charge < -0.3 is 9.47 Å². The standard InChI is InChI=1S/C16H21NO4/c1-6-9-12-13(15(18)20-7-2)10(4)17-11(5)14(12)16(19)21-8-3/h6,9H,7-8H2,1-5H3/b9-6+. The number of rotatable bonds is 5. The number of carbonyl (C=O) groups is 2. The maximum atomic E-state index is 12.2. The van der Waals surface area contributed by atoms with Crippen LogP contribution in [0.25, 0.3) is 6.08 Å². The van der Waals surface area contributed by atoms with Gasteiger partial charge in [-0.15, -0.1) is 0 Å². The number of hydrogen-bond acceptors (Lipinski definition) is 5. The number of carbonyl (C=O) groups excluding carboxylic acids is 2. The van der Waals surface area contributed by atoms with E-state index in [2.05, 4.69) is 4.98 Å². The van der Waals surface area contributed by atoms with Crippen molar-refractivity contribution >= 4 is 18.0 Å². The Bertz CT molecular complexity index is 534. The minimum Gasteiger partial charge on any atom is -0.462 e. The molecule has 1 rings (SSSR count). The highest BCUT2D eigenvalue weighted by Gasteiger charge is 2.25. The van der Waals surface area contributed by atoms with Gasteiger partial charge in [-0.1, -0.05) is 12.2 Å². The van der Waals surface area contributed by atoms with Gasteiger partial charge in [-0.05, 0) is 34.6 Å². The third-order valence-electron chi connectivity index (χ3n) is 2.89. The maximum absolute atomic E-state index is 12.2. The monoisotopic (exact) mass is 291 g/mol. The lowest BCUT2D eigenvalue weighted by atomic mass is 9.98. The van der Waals surface area contributed by atoms with Crippen LogP contribution in [0.4, 0.5) is 0 Å². The van der Waals surface area contributed by atoms with Crippen LogP contribution in [0.5, 0.6) is 0 Å². The first-order valence-electron chi connectivity index (χ1n) is 6.95. The number of aryl methyl sites for hydroxylation is 2. The molecule has 21 heavy (non-hydrogen) atoms. The highest BCUT2D eigenvalue weighted by Crippen LogP contribution is 2.24. The van der Waals surface area contributed by atoms with Gasteiger partial charge in [0.15, 0.2) is 0 Å². The molecule has 0 aliphatic heterocycles. The Balaban J connectivity index is 3.60. The fourth-order valence-corrected chi connectivity index (χ4v) is 2.13. The molecule has 1 aromatic rings. The van der Waals surface area contributed by atoms with Gasteiger partial charge in [0.2, 0.25) is 0 Å². The minimum absolute atomic E-state index is 0.260. The molecule has 0 saturated carbocycles. The largest absolute Gasteiger partial charge is 0.462 e. The van der Waals surface area contributed by atoms with E-state index in [0.717, 1.165) is 0 Å². The summed E-state index contributed by atoms with van der Waals surface area (Å²) in [6.45, 7) is 9.25. The Hall–Kier alpha value is -2.17. The summed E-state index contributed by atoms with van der Waals surface area (Å²) in [5, 5.41) is 0. The molecule has 0 unspecified atom stereocenters. The van der Waals surface area contributed by atoms with Gasteiger partial charge >= 0.3 is 11.9 Å². The lowest BCUT2D eigenvalue weighted by Gasteiger charge is -2.15. The number of esters is 2. The molecule has 0 saturated heterocycles. The lowest BCUT2D eigenvalue weighted by Crippen LogP contribution is -2.17. The number of hydrogen-bond donors (Lipinski definition) is 0. The average Bonchev–Trinajstić information content (AvgIpc) is 2.39. The van der Waals surface area contributed by atoms with Crippen molar-refractivity contribution in [2.45, 2.75) is 34.6 Å². The summed E-state index contributed by atoms with van der Waals surface area (Å²) in [4.78, 5) is 28.6. The third-order valence-corrected chi connectivity index (χ3v) is 2.89. The van der Waals surface area contributed by atoms with Gasteiger partial charge in [-0.25, -0.2) is 9.59 Å². The molecule has 1 heterocycles. The summed E-state index contributed by atoms with van der Waals surface area (Å²) >= 11 is 0. The van der Waals surface area contributed by atoms with Crippen molar-refractivity contribution in [1.29, 1.82) is 0 Å². The summed E-state index contributed by atoms with van der Waals surface area (Å²) in [5.74, 6) is -0.970. The van der Waals surface area contributed by atoms with E-state index in [0.29, 0.717) is 28.1 Å². The van der Waals surface area contributed by atoms with Crippen molar-refractivity contribution in [2.24, 2.45) is 0 Å². The smallest absolute Gasteiger partial charge is 0.340 e. The van der Waals surface area contributed by atoms with Gasteiger partial charge in [-0.3, -0.25) is 4.98 Å². The van der Waals surface area contributed by atoms with Crippen LogP contribution in [-0.2, 0) is 9.47 Å². The van der Waals surface area contributed by atoms with E-state index >= 15 is 0 Å². The molecular weight excluding hydrogens is 270 g/mol. The van der Waals surface area contributed by atoms with Crippen LogP contribution >= 0.6 is 0 Å². The molecule has 114 valence electrons. The van der Waals surface area contributed by atoms with Gasteiger partial charge in [0.25, 0.3) is 0 Å². The second-order valence-electron chi connectivity index (χ2n) is 4.39. The number of aromatic nitrogens is 1. The molecule has 0 aromatic carbocycles. The quantitative estimate of drug-likeness (QED) is 0.780. The second kappa shape index (κ2) is 7.57. The van der Waals surface area contributed by atoms with E-state index in [4.69, 9.17) is 9.47 Å². The van der Waals surface area contributed by atoms with Crippen molar-refractivity contribution in [2.75, 3.05) is 13.2 Å². The van der Waals surface area contributed by atoms with Crippen LogP contribution < -0.4 is 0 Å². The highest BCUT2D eigenvalue weighted by molar-refractivity contribution is 6.02.